The van der Waals surface area contributed by atoms with Gasteiger partial charge in [0, 0.05) is 29.7 Å². The Morgan fingerprint density at radius 2 is 1.89 bits per heavy atom. The molecule has 2 unspecified atom stereocenters. The summed E-state index contributed by atoms with van der Waals surface area (Å²) in [4.78, 5) is 45.2. The van der Waals surface area contributed by atoms with Crippen molar-refractivity contribution in [3.05, 3.63) is 82.4 Å². The Morgan fingerprint density at radius 1 is 1.14 bits per heavy atom. The number of rotatable bonds is 6. The number of esters is 1. The van der Waals surface area contributed by atoms with Gasteiger partial charge in [-0.2, -0.15) is 0 Å². The zero-order valence-electron chi connectivity index (χ0n) is 19.3. The van der Waals surface area contributed by atoms with Crippen LogP contribution in [0.25, 0.3) is 0 Å². The predicted molar refractivity (Wildman–Crippen MR) is 124 cm³/mol. The zero-order valence-corrected chi connectivity index (χ0v) is 20.2. The molecule has 0 saturated heterocycles. The molecule has 0 aromatic heterocycles. The summed E-state index contributed by atoms with van der Waals surface area (Å²) in [6.45, 7) is 3.59. The number of nitrogens with one attached hydrogen (secondary N) is 1. The fraction of sp³-hybridized carbons (Fsp3) is 0.200. The van der Waals surface area contributed by atoms with Crippen molar-refractivity contribution >= 4 is 19.7 Å². The molecule has 186 valence electrons. The number of ether oxygens (including phenoxy) is 3. The lowest BCUT2D eigenvalue weighted by atomic mass is 9.77. The lowest BCUT2D eigenvalue weighted by molar-refractivity contribution is -0.211. The summed E-state index contributed by atoms with van der Waals surface area (Å²) in [5.41, 5.74) is 0.939. The van der Waals surface area contributed by atoms with E-state index in [9.17, 15) is 23.9 Å². The molecule has 2 aliphatic heterocycles. The van der Waals surface area contributed by atoms with Crippen molar-refractivity contribution < 1.29 is 42.7 Å². The first kappa shape index (κ1) is 23.9. The van der Waals surface area contributed by atoms with Gasteiger partial charge in [-0.25, -0.2) is 4.79 Å². The number of benzene rings is 3. The summed E-state index contributed by atoms with van der Waals surface area (Å²) in [5, 5.41) is 2.74. The van der Waals surface area contributed by atoms with Gasteiger partial charge in [0.1, 0.15) is 23.0 Å². The van der Waals surface area contributed by atoms with Gasteiger partial charge in [-0.1, -0.05) is 18.2 Å². The van der Waals surface area contributed by atoms with Crippen LogP contribution in [0.2, 0.25) is 0 Å². The minimum absolute atomic E-state index is 0.0530. The topological polar surface area (TPSA) is 143 Å². The van der Waals surface area contributed by atoms with Crippen LogP contribution in [0.15, 0.2) is 54.6 Å². The zero-order chi connectivity index (χ0) is 25.7. The number of amides is 1. The van der Waals surface area contributed by atoms with Gasteiger partial charge in [0.2, 0.25) is 5.91 Å². The highest BCUT2D eigenvalue weighted by Crippen LogP contribution is 2.58. The third-order valence-corrected chi connectivity index (χ3v) is 6.39. The molecular weight excluding hydrogens is 489 g/mol. The van der Waals surface area contributed by atoms with E-state index < -0.39 is 19.4 Å². The molecule has 2 atom stereocenters. The quantitative estimate of drug-likeness (QED) is 0.378. The second kappa shape index (κ2) is 8.67. The number of carbonyl (C=O) groups excluding carboxylic acids is 2. The van der Waals surface area contributed by atoms with E-state index in [1.807, 2.05) is 6.92 Å². The van der Waals surface area contributed by atoms with E-state index in [1.54, 1.807) is 36.4 Å². The van der Waals surface area contributed by atoms with E-state index in [1.165, 1.54) is 25.1 Å². The third-order valence-electron chi connectivity index (χ3n) is 5.95. The van der Waals surface area contributed by atoms with Crippen LogP contribution in [0.5, 0.6) is 23.0 Å². The molecule has 0 saturated carbocycles. The molecule has 0 aliphatic carbocycles. The number of hydrogen-bond acceptors (Lipinski definition) is 8. The molecular formula is C25H21NO9P-. The maximum atomic E-state index is 13.0. The SMILES string of the molecule is CCOc1ccc2c(c1CNC(C)=O)Oc1cc(OP(=O)([O-])O)ccc1C21OC(=O)c2ccccc21. The minimum Gasteiger partial charge on any atom is -0.746 e. The molecule has 3 aromatic carbocycles. The number of hydrogen-bond donors (Lipinski definition) is 2. The van der Waals surface area contributed by atoms with Crippen molar-refractivity contribution in [2.45, 2.75) is 26.0 Å². The molecule has 10 nitrogen and oxygen atoms in total. The van der Waals surface area contributed by atoms with Crippen LogP contribution in [0, 0.1) is 0 Å². The normalized spacial score (nSPS) is 18.7. The van der Waals surface area contributed by atoms with Gasteiger partial charge in [-0.3, -0.25) is 9.36 Å². The van der Waals surface area contributed by atoms with E-state index in [0.717, 1.165) is 0 Å². The Morgan fingerprint density at radius 3 is 2.61 bits per heavy atom. The molecule has 5 rings (SSSR count). The average Bonchev–Trinajstić information content (AvgIpc) is 3.10. The smallest absolute Gasteiger partial charge is 0.340 e. The van der Waals surface area contributed by atoms with Crippen LogP contribution < -0.4 is 24.2 Å². The Labute approximate surface area is 206 Å². The first-order chi connectivity index (χ1) is 17.1. The maximum Gasteiger partial charge on any atom is 0.340 e. The second-order valence-corrected chi connectivity index (χ2v) is 9.32. The number of fused-ring (bicyclic) bond motifs is 6. The highest BCUT2D eigenvalue weighted by atomic mass is 31.2. The van der Waals surface area contributed by atoms with Crippen molar-refractivity contribution in [1.29, 1.82) is 0 Å². The van der Waals surface area contributed by atoms with Gasteiger partial charge in [-0.15, -0.1) is 0 Å². The largest absolute Gasteiger partial charge is 0.746 e. The Bertz CT molecular complexity index is 1450. The molecule has 0 bridgehead atoms. The van der Waals surface area contributed by atoms with Crippen LogP contribution in [0.4, 0.5) is 0 Å². The van der Waals surface area contributed by atoms with Crippen LogP contribution >= 0.6 is 7.82 Å². The van der Waals surface area contributed by atoms with Crippen LogP contribution in [0.1, 0.15) is 46.5 Å². The van der Waals surface area contributed by atoms with Crippen molar-refractivity contribution in [3.63, 3.8) is 0 Å². The van der Waals surface area contributed by atoms with Gasteiger partial charge < -0.3 is 33.8 Å². The van der Waals surface area contributed by atoms with Crippen molar-refractivity contribution in [2.75, 3.05) is 6.61 Å². The fourth-order valence-corrected chi connectivity index (χ4v) is 4.99. The monoisotopic (exact) mass is 510 g/mol. The molecule has 2 aliphatic rings. The third kappa shape index (κ3) is 3.89. The van der Waals surface area contributed by atoms with Crippen LogP contribution in [0.3, 0.4) is 0 Å². The highest BCUT2D eigenvalue weighted by Gasteiger charge is 2.54. The predicted octanol–water partition coefficient (Wildman–Crippen LogP) is 3.13. The van der Waals surface area contributed by atoms with Gasteiger partial charge in [0.25, 0.3) is 0 Å². The molecule has 2 heterocycles. The summed E-state index contributed by atoms with van der Waals surface area (Å²) in [6.07, 6.45) is 0. The van der Waals surface area contributed by atoms with Crippen molar-refractivity contribution in [3.8, 4) is 23.0 Å². The van der Waals surface area contributed by atoms with Gasteiger partial charge in [-0.05, 0) is 37.3 Å². The molecule has 11 heteroatoms. The first-order valence-electron chi connectivity index (χ1n) is 11.1. The number of phosphoric acid groups is 1. The maximum absolute atomic E-state index is 13.0. The van der Waals surface area contributed by atoms with Crippen LogP contribution in [-0.4, -0.2) is 23.4 Å². The standard InChI is InChI=1S/C25H22NO9P/c1-3-32-21-11-10-20-23(17(21)13-26-14(2)27)33-22-12-15(35-36(29,30)31)8-9-19(22)25(20)18-7-5-4-6-16(18)24(28)34-25/h4-12H,3,13H2,1-2H3,(H,26,27)(H2,29,30,31)/p-1. The number of carbonyl (C=O) groups is 2. The van der Waals surface area contributed by atoms with E-state index in [-0.39, 0.29) is 29.7 Å². The summed E-state index contributed by atoms with van der Waals surface area (Å²) in [5.74, 6) is -0.151. The van der Waals surface area contributed by atoms with E-state index in [2.05, 4.69) is 9.84 Å². The Kier molecular flexibility index (Phi) is 5.75. The van der Waals surface area contributed by atoms with E-state index in [0.29, 0.717) is 40.2 Å². The fourth-order valence-electron chi connectivity index (χ4n) is 4.61. The Hall–Kier alpha value is -3.85. The lowest BCUT2D eigenvalue weighted by Gasteiger charge is -2.38. The Balaban J connectivity index is 1.79. The molecule has 1 amide bonds. The summed E-state index contributed by atoms with van der Waals surface area (Å²) in [7, 11) is -5.09. The summed E-state index contributed by atoms with van der Waals surface area (Å²) >= 11 is 0. The molecule has 3 aromatic rings. The van der Waals surface area contributed by atoms with E-state index in [4.69, 9.17) is 14.2 Å². The molecule has 2 N–H and O–H groups in total. The van der Waals surface area contributed by atoms with E-state index >= 15 is 0 Å². The van der Waals surface area contributed by atoms with Crippen LogP contribution in [-0.2, 0) is 26.2 Å². The molecule has 1 spiro atoms. The van der Waals surface area contributed by atoms with Gasteiger partial charge >= 0.3 is 13.8 Å². The minimum atomic E-state index is -5.09. The van der Waals surface area contributed by atoms with Crippen molar-refractivity contribution in [2.24, 2.45) is 0 Å². The molecule has 0 radical (unpaired) electrons. The van der Waals surface area contributed by atoms with Crippen molar-refractivity contribution in [1.82, 2.24) is 5.32 Å². The van der Waals surface area contributed by atoms with Gasteiger partial charge in [0.15, 0.2) is 5.60 Å². The lowest BCUT2D eigenvalue weighted by Crippen LogP contribution is -2.34. The number of phosphoric ester groups is 1. The molecule has 0 fully saturated rings. The van der Waals surface area contributed by atoms with Gasteiger partial charge in [0.05, 0.1) is 24.3 Å². The average molecular weight is 510 g/mol. The summed E-state index contributed by atoms with van der Waals surface area (Å²) in [6, 6.07) is 14.5. The highest BCUT2D eigenvalue weighted by molar-refractivity contribution is 7.45. The molecule has 36 heavy (non-hydrogen) atoms. The second-order valence-electron chi connectivity index (χ2n) is 8.20. The first-order valence-corrected chi connectivity index (χ1v) is 12.6. The summed E-state index contributed by atoms with van der Waals surface area (Å²) < 4.78 is 34.1.